The third-order valence-corrected chi connectivity index (χ3v) is 5.34. The summed E-state index contributed by atoms with van der Waals surface area (Å²) >= 11 is 0. The Bertz CT molecular complexity index is 861. The molecule has 0 N–H and O–H groups in total. The maximum atomic E-state index is 12.6. The average Bonchev–Trinajstić information content (AvgIpc) is 2.98. The molecule has 144 valence electrons. The fourth-order valence-corrected chi connectivity index (χ4v) is 3.80. The maximum Gasteiger partial charge on any atom is 0.337 e. The SMILES string of the molecule is O=C(ON1C(=O)c2ccccc2C1=O)C1CCCN(CCc2ccccc2)C1. The molecule has 2 amide bonds. The highest BCUT2D eigenvalue weighted by molar-refractivity contribution is 6.20. The molecule has 2 heterocycles. The monoisotopic (exact) mass is 378 g/mol. The zero-order valence-electron chi connectivity index (χ0n) is 15.5. The molecule has 4 rings (SSSR count). The van der Waals surface area contributed by atoms with Crippen molar-refractivity contribution in [3.8, 4) is 0 Å². The Morgan fingerprint density at radius 2 is 1.61 bits per heavy atom. The predicted octanol–water partition coefficient (Wildman–Crippen LogP) is 2.70. The minimum atomic E-state index is -0.578. The number of hydrogen-bond donors (Lipinski definition) is 0. The number of rotatable bonds is 5. The van der Waals surface area contributed by atoms with Crippen LogP contribution in [-0.2, 0) is 16.1 Å². The van der Waals surface area contributed by atoms with Crippen LogP contribution in [0.3, 0.4) is 0 Å². The number of nitrogens with zero attached hydrogens (tertiary/aromatic N) is 2. The predicted molar refractivity (Wildman–Crippen MR) is 102 cm³/mol. The van der Waals surface area contributed by atoms with Gasteiger partial charge < -0.3 is 9.74 Å². The molecule has 6 nitrogen and oxygen atoms in total. The second-order valence-corrected chi connectivity index (χ2v) is 7.24. The van der Waals surface area contributed by atoms with Gasteiger partial charge >= 0.3 is 5.97 Å². The lowest BCUT2D eigenvalue weighted by Gasteiger charge is -2.31. The largest absolute Gasteiger partial charge is 0.337 e. The van der Waals surface area contributed by atoms with Crippen molar-refractivity contribution in [1.29, 1.82) is 0 Å². The summed E-state index contributed by atoms with van der Waals surface area (Å²) < 4.78 is 0. The Morgan fingerprint density at radius 1 is 0.964 bits per heavy atom. The summed E-state index contributed by atoms with van der Waals surface area (Å²) in [7, 11) is 0. The lowest BCUT2D eigenvalue weighted by atomic mass is 9.98. The lowest BCUT2D eigenvalue weighted by molar-refractivity contribution is -0.175. The number of likely N-dealkylation sites (tertiary alicyclic amines) is 1. The van der Waals surface area contributed by atoms with Crippen molar-refractivity contribution in [2.45, 2.75) is 19.3 Å². The number of hydroxylamine groups is 2. The van der Waals surface area contributed by atoms with Gasteiger partial charge in [0.25, 0.3) is 11.8 Å². The van der Waals surface area contributed by atoms with E-state index in [0.717, 1.165) is 25.9 Å². The Labute approximate surface area is 163 Å². The molecule has 2 aromatic rings. The minimum absolute atomic E-state index is 0.272. The molecule has 6 heteroatoms. The van der Waals surface area contributed by atoms with Crippen molar-refractivity contribution in [2.75, 3.05) is 19.6 Å². The van der Waals surface area contributed by atoms with Crippen LogP contribution in [0.2, 0.25) is 0 Å². The molecule has 28 heavy (non-hydrogen) atoms. The van der Waals surface area contributed by atoms with E-state index in [-0.39, 0.29) is 17.0 Å². The van der Waals surface area contributed by atoms with E-state index in [4.69, 9.17) is 4.84 Å². The van der Waals surface area contributed by atoms with Gasteiger partial charge in [-0.15, -0.1) is 0 Å². The number of carbonyl (C=O) groups is 3. The van der Waals surface area contributed by atoms with Crippen LogP contribution in [0.15, 0.2) is 54.6 Å². The quantitative estimate of drug-likeness (QED) is 0.749. The molecular weight excluding hydrogens is 356 g/mol. The first-order chi connectivity index (χ1) is 13.6. The third-order valence-electron chi connectivity index (χ3n) is 5.34. The summed E-state index contributed by atoms with van der Waals surface area (Å²) in [6.45, 7) is 2.37. The van der Waals surface area contributed by atoms with E-state index >= 15 is 0 Å². The van der Waals surface area contributed by atoms with Gasteiger partial charge in [0.05, 0.1) is 17.0 Å². The van der Waals surface area contributed by atoms with Gasteiger partial charge in [0.15, 0.2) is 0 Å². The average molecular weight is 378 g/mol. The zero-order valence-corrected chi connectivity index (χ0v) is 15.5. The van der Waals surface area contributed by atoms with E-state index in [2.05, 4.69) is 17.0 Å². The Balaban J connectivity index is 1.35. The van der Waals surface area contributed by atoms with Gasteiger partial charge in [0.2, 0.25) is 0 Å². The highest BCUT2D eigenvalue weighted by Gasteiger charge is 2.40. The summed E-state index contributed by atoms with van der Waals surface area (Å²) in [6, 6.07) is 16.7. The van der Waals surface area contributed by atoms with E-state index in [1.807, 2.05) is 18.2 Å². The number of carbonyl (C=O) groups excluding carboxylic acids is 3. The van der Waals surface area contributed by atoms with Crippen LogP contribution < -0.4 is 0 Å². The molecule has 0 spiro atoms. The lowest BCUT2D eigenvalue weighted by Crippen LogP contribution is -2.43. The van der Waals surface area contributed by atoms with Gasteiger partial charge in [-0.2, -0.15) is 0 Å². The summed E-state index contributed by atoms with van der Waals surface area (Å²) in [5.41, 5.74) is 1.81. The molecule has 0 bridgehead atoms. The molecule has 2 aliphatic rings. The fraction of sp³-hybridized carbons (Fsp3) is 0.318. The van der Waals surface area contributed by atoms with Crippen molar-refractivity contribution in [2.24, 2.45) is 5.92 Å². The maximum absolute atomic E-state index is 12.6. The van der Waals surface area contributed by atoms with Gasteiger partial charge in [-0.25, -0.2) is 4.79 Å². The molecule has 0 aliphatic carbocycles. The molecule has 0 aromatic heterocycles. The summed E-state index contributed by atoms with van der Waals surface area (Å²) in [4.78, 5) is 44.8. The number of hydrogen-bond acceptors (Lipinski definition) is 5. The molecule has 0 radical (unpaired) electrons. The van der Waals surface area contributed by atoms with E-state index in [0.29, 0.717) is 18.0 Å². The molecule has 0 saturated carbocycles. The number of fused-ring (bicyclic) bond motifs is 1. The zero-order chi connectivity index (χ0) is 19.5. The Hall–Kier alpha value is -2.99. The van der Waals surface area contributed by atoms with Crippen LogP contribution in [0.4, 0.5) is 0 Å². The van der Waals surface area contributed by atoms with Gasteiger partial charge in [-0.3, -0.25) is 9.59 Å². The van der Waals surface area contributed by atoms with E-state index in [1.54, 1.807) is 24.3 Å². The highest BCUT2D eigenvalue weighted by Crippen LogP contribution is 2.25. The summed E-state index contributed by atoms with van der Waals surface area (Å²) in [6.07, 6.45) is 2.50. The molecule has 2 aliphatic heterocycles. The topological polar surface area (TPSA) is 66.9 Å². The summed E-state index contributed by atoms with van der Waals surface area (Å²) in [5.74, 6) is -2.01. The molecule has 1 unspecified atom stereocenters. The van der Waals surface area contributed by atoms with Crippen molar-refractivity contribution in [3.63, 3.8) is 0 Å². The van der Waals surface area contributed by atoms with Crippen LogP contribution in [0.25, 0.3) is 0 Å². The molecule has 2 aromatic carbocycles. The Morgan fingerprint density at radius 3 is 2.29 bits per heavy atom. The Kier molecular flexibility index (Phi) is 5.21. The van der Waals surface area contributed by atoms with E-state index in [1.165, 1.54) is 5.56 Å². The first-order valence-electron chi connectivity index (χ1n) is 9.59. The third kappa shape index (κ3) is 3.68. The standard InChI is InChI=1S/C22H22N2O4/c25-20-18-10-4-5-11-19(18)21(26)24(20)28-22(27)17-9-6-13-23(15-17)14-12-16-7-2-1-3-8-16/h1-5,7-8,10-11,17H,6,9,12-15H2. The van der Waals surface area contributed by atoms with Gasteiger partial charge in [0, 0.05) is 13.1 Å². The van der Waals surface area contributed by atoms with Gasteiger partial charge in [-0.1, -0.05) is 47.5 Å². The van der Waals surface area contributed by atoms with E-state index < -0.39 is 17.8 Å². The van der Waals surface area contributed by atoms with Crippen molar-refractivity contribution in [1.82, 2.24) is 9.96 Å². The van der Waals surface area contributed by atoms with Crippen LogP contribution in [-0.4, -0.2) is 47.4 Å². The van der Waals surface area contributed by atoms with Crippen molar-refractivity contribution < 1.29 is 19.2 Å². The minimum Gasteiger partial charge on any atom is -0.329 e. The second-order valence-electron chi connectivity index (χ2n) is 7.24. The van der Waals surface area contributed by atoms with Crippen LogP contribution in [0, 0.1) is 5.92 Å². The van der Waals surface area contributed by atoms with Crippen LogP contribution in [0.1, 0.15) is 39.1 Å². The van der Waals surface area contributed by atoms with Crippen molar-refractivity contribution in [3.05, 3.63) is 71.3 Å². The van der Waals surface area contributed by atoms with Crippen LogP contribution in [0.5, 0.6) is 0 Å². The molecule has 1 atom stereocenters. The molecule has 1 saturated heterocycles. The first-order valence-corrected chi connectivity index (χ1v) is 9.59. The number of piperidine rings is 1. The molecular formula is C22H22N2O4. The number of imide groups is 1. The number of benzene rings is 2. The normalized spacial score (nSPS) is 19.6. The second kappa shape index (κ2) is 7.94. The fourth-order valence-electron chi connectivity index (χ4n) is 3.80. The van der Waals surface area contributed by atoms with Crippen molar-refractivity contribution >= 4 is 17.8 Å². The molecule has 1 fully saturated rings. The van der Waals surface area contributed by atoms with Gasteiger partial charge in [-0.05, 0) is 43.5 Å². The summed E-state index contributed by atoms with van der Waals surface area (Å²) in [5, 5.41) is 0.607. The first kappa shape index (κ1) is 18.4. The van der Waals surface area contributed by atoms with Crippen LogP contribution >= 0.6 is 0 Å². The van der Waals surface area contributed by atoms with E-state index in [9.17, 15) is 14.4 Å². The van der Waals surface area contributed by atoms with Gasteiger partial charge in [0.1, 0.15) is 0 Å². The highest BCUT2D eigenvalue weighted by atomic mass is 16.7. The number of amides is 2. The smallest absolute Gasteiger partial charge is 0.329 e.